The summed E-state index contributed by atoms with van der Waals surface area (Å²) in [5, 5.41) is 13.8. The number of rotatable bonds is 6. The van der Waals surface area contributed by atoms with E-state index < -0.39 is 11.9 Å². The SMILES string of the molecule is Cc1ccccc1-c1nnc(SCC(=O)NC(=O)NCc2ccco2)n1C. The zero-order valence-electron chi connectivity index (χ0n) is 14.9. The second-order valence-corrected chi connectivity index (χ2v) is 6.72. The lowest BCUT2D eigenvalue weighted by atomic mass is 10.1. The standard InChI is InChI=1S/C18H19N5O3S/c1-12-6-3-4-8-14(12)16-21-22-18(23(16)2)27-11-15(24)20-17(25)19-10-13-7-5-9-26-13/h3-9H,10-11H2,1-2H3,(H2,19,20,24,25). The van der Waals surface area contributed by atoms with Gasteiger partial charge in [-0.15, -0.1) is 10.2 Å². The third-order valence-electron chi connectivity index (χ3n) is 3.81. The molecule has 0 aliphatic rings. The summed E-state index contributed by atoms with van der Waals surface area (Å²) in [6.45, 7) is 2.22. The fraction of sp³-hybridized carbons (Fsp3) is 0.222. The van der Waals surface area contributed by atoms with Crippen molar-refractivity contribution >= 4 is 23.7 Å². The number of furan rings is 1. The molecule has 0 fully saturated rings. The summed E-state index contributed by atoms with van der Waals surface area (Å²) < 4.78 is 6.94. The van der Waals surface area contributed by atoms with Crippen molar-refractivity contribution in [3.63, 3.8) is 0 Å². The van der Waals surface area contributed by atoms with Crippen molar-refractivity contribution in [2.45, 2.75) is 18.6 Å². The van der Waals surface area contributed by atoms with Crippen molar-refractivity contribution < 1.29 is 14.0 Å². The number of nitrogens with zero attached hydrogens (tertiary/aromatic N) is 3. The summed E-state index contributed by atoms with van der Waals surface area (Å²) in [6.07, 6.45) is 1.52. The van der Waals surface area contributed by atoms with E-state index in [1.54, 1.807) is 12.1 Å². The average molecular weight is 385 g/mol. The lowest BCUT2D eigenvalue weighted by Gasteiger charge is -2.07. The topological polar surface area (TPSA) is 102 Å². The molecule has 2 heterocycles. The van der Waals surface area contributed by atoms with Gasteiger partial charge in [-0.05, 0) is 24.6 Å². The molecule has 0 aliphatic carbocycles. The first-order chi connectivity index (χ1) is 13.0. The molecule has 3 aromatic rings. The molecule has 3 rings (SSSR count). The highest BCUT2D eigenvalue weighted by Crippen LogP contribution is 2.24. The maximum absolute atomic E-state index is 12.0. The largest absolute Gasteiger partial charge is 0.467 e. The molecule has 0 aliphatic heterocycles. The van der Waals surface area contributed by atoms with Crippen molar-refractivity contribution in [2.75, 3.05) is 5.75 Å². The van der Waals surface area contributed by atoms with E-state index in [1.807, 2.05) is 42.8 Å². The van der Waals surface area contributed by atoms with Crippen LogP contribution >= 0.6 is 11.8 Å². The van der Waals surface area contributed by atoms with Crippen LogP contribution in [0.3, 0.4) is 0 Å². The van der Waals surface area contributed by atoms with Gasteiger partial charge >= 0.3 is 6.03 Å². The number of amides is 3. The Labute approximate surface area is 160 Å². The zero-order chi connectivity index (χ0) is 19.2. The Morgan fingerprint density at radius 3 is 2.74 bits per heavy atom. The molecule has 27 heavy (non-hydrogen) atoms. The van der Waals surface area contributed by atoms with Gasteiger partial charge in [0.1, 0.15) is 5.76 Å². The lowest BCUT2D eigenvalue weighted by molar-refractivity contribution is -0.117. The van der Waals surface area contributed by atoms with Crippen LogP contribution in [-0.4, -0.2) is 32.5 Å². The minimum atomic E-state index is -0.574. The molecule has 2 N–H and O–H groups in total. The maximum Gasteiger partial charge on any atom is 0.321 e. The highest BCUT2D eigenvalue weighted by molar-refractivity contribution is 7.99. The Morgan fingerprint density at radius 1 is 1.19 bits per heavy atom. The average Bonchev–Trinajstić information content (AvgIpc) is 3.29. The van der Waals surface area contributed by atoms with E-state index in [9.17, 15) is 9.59 Å². The van der Waals surface area contributed by atoms with E-state index in [-0.39, 0.29) is 12.3 Å². The van der Waals surface area contributed by atoms with Gasteiger partial charge in [0.25, 0.3) is 0 Å². The van der Waals surface area contributed by atoms with Gasteiger partial charge in [-0.2, -0.15) is 0 Å². The Hall–Kier alpha value is -3.07. The number of hydrogen-bond acceptors (Lipinski definition) is 6. The molecule has 0 atom stereocenters. The van der Waals surface area contributed by atoms with Gasteiger partial charge < -0.3 is 14.3 Å². The van der Waals surface area contributed by atoms with Crippen LogP contribution in [0.25, 0.3) is 11.4 Å². The molecule has 9 heteroatoms. The number of carbonyl (C=O) groups is 2. The van der Waals surface area contributed by atoms with Crippen molar-refractivity contribution in [3.05, 3.63) is 54.0 Å². The van der Waals surface area contributed by atoms with Gasteiger partial charge in [-0.3, -0.25) is 10.1 Å². The van der Waals surface area contributed by atoms with E-state index in [1.165, 1.54) is 18.0 Å². The molecule has 0 radical (unpaired) electrons. The minimum absolute atomic E-state index is 0.0495. The Balaban J connectivity index is 1.52. The number of benzene rings is 1. The third-order valence-corrected chi connectivity index (χ3v) is 4.83. The summed E-state index contributed by atoms with van der Waals surface area (Å²) in [5.41, 5.74) is 2.08. The number of urea groups is 1. The predicted octanol–water partition coefficient (Wildman–Crippen LogP) is 2.50. The van der Waals surface area contributed by atoms with Crippen molar-refractivity contribution in [1.29, 1.82) is 0 Å². The maximum atomic E-state index is 12.0. The molecule has 8 nitrogen and oxygen atoms in total. The van der Waals surface area contributed by atoms with E-state index in [2.05, 4.69) is 20.8 Å². The summed E-state index contributed by atoms with van der Waals surface area (Å²) in [7, 11) is 1.85. The zero-order valence-corrected chi connectivity index (χ0v) is 15.7. The summed E-state index contributed by atoms with van der Waals surface area (Å²) in [5.74, 6) is 0.966. The monoisotopic (exact) mass is 385 g/mol. The Bertz CT molecular complexity index is 936. The number of aryl methyl sites for hydroxylation is 1. The third kappa shape index (κ3) is 4.76. The first-order valence-corrected chi connectivity index (χ1v) is 9.21. The van der Waals surface area contributed by atoms with Gasteiger partial charge in [0.15, 0.2) is 11.0 Å². The van der Waals surface area contributed by atoms with Crippen LogP contribution in [-0.2, 0) is 18.4 Å². The molecular weight excluding hydrogens is 366 g/mol. The molecule has 0 spiro atoms. The van der Waals surface area contributed by atoms with E-state index in [0.29, 0.717) is 10.9 Å². The summed E-state index contributed by atoms with van der Waals surface area (Å²) in [6, 6.07) is 10.8. The van der Waals surface area contributed by atoms with Crippen molar-refractivity contribution in [2.24, 2.45) is 7.05 Å². The fourth-order valence-corrected chi connectivity index (χ4v) is 3.13. The van der Waals surface area contributed by atoms with E-state index in [4.69, 9.17) is 4.42 Å². The van der Waals surface area contributed by atoms with Gasteiger partial charge in [-0.1, -0.05) is 36.0 Å². The van der Waals surface area contributed by atoms with Gasteiger partial charge in [0.2, 0.25) is 5.91 Å². The minimum Gasteiger partial charge on any atom is -0.467 e. The highest BCUT2D eigenvalue weighted by Gasteiger charge is 2.15. The quantitative estimate of drug-likeness (QED) is 0.632. The lowest BCUT2D eigenvalue weighted by Crippen LogP contribution is -2.39. The molecule has 2 aromatic heterocycles. The van der Waals surface area contributed by atoms with Crippen LogP contribution in [0, 0.1) is 6.92 Å². The van der Waals surface area contributed by atoms with Crippen LogP contribution < -0.4 is 10.6 Å². The molecule has 3 amide bonds. The fourth-order valence-electron chi connectivity index (χ4n) is 2.42. The first kappa shape index (κ1) is 18.7. The second-order valence-electron chi connectivity index (χ2n) is 5.78. The number of hydrogen-bond donors (Lipinski definition) is 2. The molecule has 140 valence electrons. The second kappa shape index (κ2) is 8.54. The number of aromatic nitrogens is 3. The van der Waals surface area contributed by atoms with E-state index >= 15 is 0 Å². The van der Waals surface area contributed by atoms with Gasteiger partial charge in [-0.25, -0.2) is 4.79 Å². The number of nitrogens with one attached hydrogen (secondary N) is 2. The molecule has 0 bridgehead atoms. The Morgan fingerprint density at radius 2 is 2.00 bits per heavy atom. The van der Waals surface area contributed by atoms with Crippen LogP contribution in [0.5, 0.6) is 0 Å². The molecule has 1 aromatic carbocycles. The summed E-state index contributed by atoms with van der Waals surface area (Å²) >= 11 is 1.21. The molecule has 0 saturated heterocycles. The first-order valence-electron chi connectivity index (χ1n) is 8.23. The molecule has 0 unspecified atom stereocenters. The molecule has 0 saturated carbocycles. The van der Waals surface area contributed by atoms with Crippen LogP contribution in [0.4, 0.5) is 4.79 Å². The molecular formula is C18H19N5O3S. The number of carbonyl (C=O) groups excluding carboxylic acids is 2. The number of thioether (sulfide) groups is 1. The van der Waals surface area contributed by atoms with Gasteiger partial charge in [0, 0.05) is 12.6 Å². The van der Waals surface area contributed by atoms with Crippen LogP contribution in [0.2, 0.25) is 0 Å². The van der Waals surface area contributed by atoms with E-state index in [0.717, 1.165) is 17.0 Å². The predicted molar refractivity (Wildman–Crippen MR) is 101 cm³/mol. The number of imide groups is 1. The normalized spacial score (nSPS) is 10.6. The Kier molecular flexibility index (Phi) is 5.92. The van der Waals surface area contributed by atoms with Crippen molar-refractivity contribution in [1.82, 2.24) is 25.4 Å². The smallest absolute Gasteiger partial charge is 0.321 e. The highest BCUT2D eigenvalue weighted by atomic mass is 32.2. The van der Waals surface area contributed by atoms with Gasteiger partial charge in [0.05, 0.1) is 18.6 Å². The van der Waals surface area contributed by atoms with Crippen LogP contribution in [0.1, 0.15) is 11.3 Å². The van der Waals surface area contributed by atoms with Crippen molar-refractivity contribution in [3.8, 4) is 11.4 Å². The van der Waals surface area contributed by atoms with Crippen LogP contribution in [0.15, 0.2) is 52.2 Å². The summed E-state index contributed by atoms with van der Waals surface area (Å²) in [4.78, 5) is 23.7.